The first-order valence-corrected chi connectivity index (χ1v) is 2.65. The van der Waals surface area contributed by atoms with Gasteiger partial charge >= 0.3 is 0 Å². The number of nitrogens with zero attached hydrogens (tertiary/aromatic N) is 1. The van der Waals surface area contributed by atoms with E-state index in [1.54, 1.807) is 0 Å². The predicted octanol–water partition coefficient (Wildman–Crippen LogP) is -0.671. The molecule has 0 radical (unpaired) electrons. The maximum absolute atomic E-state index is 9.66. The zero-order valence-corrected chi connectivity index (χ0v) is 5.44. The highest BCUT2D eigenvalue weighted by molar-refractivity contribution is 5.45. The van der Waals surface area contributed by atoms with E-state index < -0.39 is 11.2 Å². The molecule has 0 aromatic carbocycles. The topological polar surface area (TPSA) is 81.5 Å². The number of carbonyl (C=O) groups excluding carboxylic acids is 1. The van der Waals surface area contributed by atoms with E-state index in [1.807, 2.05) is 0 Å². The van der Waals surface area contributed by atoms with Crippen LogP contribution in [-0.4, -0.2) is 24.1 Å². The lowest BCUT2D eigenvalue weighted by molar-refractivity contribution is -0.767. The maximum atomic E-state index is 9.66. The van der Waals surface area contributed by atoms with Crippen molar-refractivity contribution in [1.82, 2.24) is 5.32 Å². The van der Waals surface area contributed by atoms with Crippen LogP contribution in [0.5, 0.6) is 0 Å². The molecule has 1 amide bonds. The highest BCUT2D eigenvalue weighted by Gasteiger charge is 2.04. The van der Waals surface area contributed by atoms with E-state index in [4.69, 9.17) is 0 Å². The van der Waals surface area contributed by atoms with Gasteiger partial charge in [0.25, 0.3) is 5.09 Å². The molecular formula is C4H8N2O4. The fourth-order valence-corrected chi connectivity index (χ4v) is 0.398. The van der Waals surface area contributed by atoms with E-state index in [1.165, 1.54) is 6.92 Å². The number of amides is 1. The average Bonchev–Trinajstić information content (AvgIpc) is 1.82. The summed E-state index contributed by atoms with van der Waals surface area (Å²) in [6.07, 6.45) is -0.139. The maximum Gasteiger partial charge on any atom is 0.294 e. The van der Waals surface area contributed by atoms with Crippen LogP contribution in [0.4, 0.5) is 0 Å². The van der Waals surface area contributed by atoms with Crippen molar-refractivity contribution in [2.45, 2.75) is 13.0 Å². The Morgan fingerprint density at radius 1 is 1.90 bits per heavy atom. The summed E-state index contributed by atoms with van der Waals surface area (Å²) < 4.78 is 0. The third-order valence-electron chi connectivity index (χ3n) is 0.755. The van der Waals surface area contributed by atoms with E-state index >= 15 is 0 Å². The lowest BCUT2D eigenvalue weighted by atomic mass is 10.4. The molecule has 0 saturated heterocycles. The minimum atomic E-state index is -0.892. The molecule has 0 bridgehead atoms. The lowest BCUT2D eigenvalue weighted by Crippen LogP contribution is -2.27. The Bertz CT molecular complexity index is 126. The fraction of sp³-hybridized carbons (Fsp3) is 0.750. The molecule has 1 unspecified atom stereocenters. The molecule has 0 saturated carbocycles. The molecule has 58 valence electrons. The highest BCUT2D eigenvalue weighted by Crippen LogP contribution is 1.86. The molecule has 1 atom stereocenters. The van der Waals surface area contributed by atoms with Crippen LogP contribution in [0.25, 0.3) is 0 Å². The number of hydrogen-bond acceptors (Lipinski definition) is 4. The zero-order chi connectivity index (χ0) is 7.98. The third-order valence-corrected chi connectivity index (χ3v) is 0.755. The van der Waals surface area contributed by atoms with Gasteiger partial charge in [-0.2, -0.15) is 0 Å². The molecule has 0 spiro atoms. The average molecular weight is 148 g/mol. The van der Waals surface area contributed by atoms with Crippen LogP contribution in [0.1, 0.15) is 6.92 Å². The van der Waals surface area contributed by atoms with Crippen LogP contribution in [0.3, 0.4) is 0 Å². The Hall–Kier alpha value is -1.33. The minimum absolute atomic E-state index is 0.143. The second kappa shape index (κ2) is 4.54. The number of hydrogen-bond donors (Lipinski definition) is 1. The largest absolute Gasteiger partial charge is 0.356 e. The first-order valence-electron chi connectivity index (χ1n) is 2.65. The number of nitrogens with one attached hydrogen (secondary N) is 1. The van der Waals surface area contributed by atoms with Crippen molar-refractivity contribution in [1.29, 1.82) is 0 Å². The summed E-state index contributed by atoms with van der Waals surface area (Å²) in [7, 11) is 0. The van der Waals surface area contributed by atoms with Gasteiger partial charge < -0.3 is 10.2 Å². The Morgan fingerprint density at radius 2 is 2.50 bits per heavy atom. The van der Waals surface area contributed by atoms with Crippen molar-refractivity contribution in [3.8, 4) is 0 Å². The molecule has 0 heterocycles. The van der Waals surface area contributed by atoms with E-state index in [0.717, 1.165) is 0 Å². The van der Waals surface area contributed by atoms with Crippen LogP contribution in [-0.2, 0) is 9.63 Å². The molecule has 10 heavy (non-hydrogen) atoms. The molecule has 6 heteroatoms. The van der Waals surface area contributed by atoms with Crippen molar-refractivity contribution in [2.75, 3.05) is 6.54 Å². The van der Waals surface area contributed by atoms with Crippen molar-refractivity contribution in [2.24, 2.45) is 0 Å². The Kier molecular flexibility index (Phi) is 3.94. The molecule has 0 aromatic heterocycles. The van der Waals surface area contributed by atoms with E-state index in [-0.39, 0.29) is 6.54 Å². The Balaban J connectivity index is 3.33. The fourth-order valence-electron chi connectivity index (χ4n) is 0.398. The minimum Gasteiger partial charge on any atom is -0.356 e. The molecule has 1 N–H and O–H groups in total. The Morgan fingerprint density at radius 3 is 2.90 bits per heavy atom. The summed E-state index contributed by atoms with van der Waals surface area (Å²) in [6.45, 7) is 1.63. The molecule has 0 aliphatic rings. The SMILES string of the molecule is CC(CNC=O)O[N+](=O)[O-]. The summed E-state index contributed by atoms with van der Waals surface area (Å²) in [5.41, 5.74) is 0. The lowest BCUT2D eigenvalue weighted by Gasteiger charge is -2.06. The summed E-state index contributed by atoms with van der Waals surface area (Å²) in [5.74, 6) is 0. The van der Waals surface area contributed by atoms with Gasteiger partial charge in [0.15, 0.2) is 0 Å². The van der Waals surface area contributed by atoms with Crippen molar-refractivity contribution >= 4 is 6.41 Å². The quantitative estimate of drug-likeness (QED) is 0.318. The molecule has 0 aromatic rings. The number of carbonyl (C=O) groups is 1. The molecule has 6 nitrogen and oxygen atoms in total. The zero-order valence-electron chi connectivity index (χ0n) is 5.44. The van der Waals surface area contributed by atoms with E-state index in [2.05, 4.69) is 10.2 Å². The van der Waals surface area contributed by atoms with Gasteiger partial charge in [-0.05, 0) is 6.92 Å². The van der Waals surface area contributed by atoms with Gasteiger partial charge in [-0.25, -0.2) is 0 Å². The summed E-state index contributed by atoms with van der Waals surface area (Å²) in [5, 5.41) is 11.0. The molecule has 0 aliphatic heterocycles. The molecule has 0 rings (SSSR count). The van der Waals surface area contributed by atoms with Gasteiger partial charge in [0.05, 0.1) is 0 Å². The monoisotopic (exact) mass is 148 g/mol. The summed E-state index contributed by atoms with van der Waals surface area (Å²) >= 11 is 0. The first kappa shape index (κ1) is 8.67. The van der Waals surface area contributed by atoms with E-state index in [9.17, 15) is 14.9 Å². The number of rotatable bonds is 5. The van der Waals surface area contributed by atoms with Gasteiger partial charge in [0, 0.05) is 6.54 Å². The smallest absolute Gasteiger partial charge is 0.294 e. The molecule has 0 aliphatic carbocycles. The first-order chi connectivity index (χ1) is 4.66. The Labute approximate surface area is 57.3 Å². The third kappa shape index (κ3) is 4.82. The second-order valence-corrected chi connectivity index (χ2v) is 1.67. The summed E-state index contributed by atoms with van der Waals surface area (Å²) in [6, 6.07) is 0. The predicted molar refractivity (Wildman–Crippen MR) is 31.6 cm³/mol. The van der Waals surface area contributed by atoms with E-state index in [0.29, 0.717) is 6.41 Å². The second-order valence-electron chi connectivity index (χ2n) is 1.67. The van der Waals surface area contributed by atoms with Crippen molar-refractivity contribution in [3.05, 3.63) is 10.1 Å². The van der Waals surface area contributed by atoms with Gasteiger partial charge in [0.1, 0.15) is 6.10 Å². The van der Waals surface area contributed by atoms with Crippen molar-refractivity contribution < 1.29 is 14.7 Å². The van der Waals surface area contributed by atoms with Crippen LogP contribution in [0.2, 0.25) is 0 Å². The standard InChI is InChI=1S/C4H8N2O4/c1-4(2-5-3-7)10-6(8)9/h3-4H,2H2,1H3,(H,5,7). The van der Waals surface area contributed by atoms with Crippen LogP contribution < -0.4 is 5.32 Å². The molecule has 0 fully saturated rings. The molecular weight excluding hydrogens is 140 g/mol. The highest BCUT2D eigenvalue weighted by atomic mass is 17.0. The van der Waals surface area contributed by atoms with Crippen LogP contribution >= 0.6 is 0 Å². The normalized spacial score (nSPS) is 11.7. The van der Waals surface area contributed by atoms with Crippen LogP contribution in [0.15, 0.2) is 0 Å². The van der Waals surface area contributed by atoms with Gasteiger partial charge in [0.2, 0.25) is 6.41 Å². The van der Waals surface area contributed by atoms with Gasteiger partial charge in [-0.3, -0.25) is 4.79 Å². The van der Waals surface area contributed by atoms with Crippen molar-refractivity contribution in [3.63, 3.8) is 0 Å². The van der Waals surface area contributed by atoms with Gasteiger partial charge in [-0.1, -0.05) is 0 Å². The van der Waals surface area contributed by atoms with Gasteiger partial charge in [-0.15, -0.1) is 10.1 Å². The summed E-state index contributed by atoms with van der Waals surface area (Å²) in [4.78, 5) is 23.4. The van der Waals surface area contributed by atoms with Crippen LogP contribution in [0, 0.1) is 10.1 Å².